The number of ether oxygens (including phenoxy) is 2. The molecule has 0 radical (unpaired) electrons. The second-order valence-corrected chi connectivity index (χ2v) is 11.5. The van der Waals surface area contributed by atoms with Gasteiger partial charge in [0.15, 0.2) is 11.5 Å². The lowest BCUT2D eigenvalue weighted by Gasteiger charge is -2.31. The van der Waals surface area contributed by atoms with Crippen LogP contribution in [-0.4, -0.2) is 44.8 Å². The Kier molecular flexibility index (Phi) is 6.78. The van der Waals surface area contributed by atoms with E-state index < -0.39 is 33.6 Å². The molecule has 0 aromatic heterocycles. The first-order chi connectivity index (χ1) is 15.3. The number of nitrogens with one attached hydrogen (secondary N) is 1. The number of sulfonamides is 1. The molecule has 4 rings (SSSR count). The van der Waals surface area contributed by atoms with Crippen molar-refractivity contribution in [2.75, 3.05) is 13.7 Å². The van der Waals surface area contributed by atoms with Gasteiger partial charge in [-0.15, -0.1) is 12.4 Å². The van der Waals surface area contributed by atoms with Crippen molar-refractivity contribution < 1.29 is 22.7 Å². The molecule has 3 N–H and O–H groups in total. The number of nitrogens with zero attached hydrogens (tertiary/aromatic N) is 1. The highest BCUT2D eigenvalue weighted by atomic mass is 35.5. The average molecular weight is 508 g/mol. The molecular weight excluding hydrogens is 478 g/mol. The molecule has 1 amide bonds. The first-order valence-electron chi connectivity index (χ1n) is 10.7. The van der Waals surface area contributed by atoms with Gasteiger partial charge < -0.3 is 15.2 Å². The van der Waals surface area contributed by atoms with Gasteiger partial charge in [-0.05, 0) is 57.9 Å². The number of primary amides is 1. The van der Waals surface area contributed by atoms with E-state index >= 15 is 0 Å². The largest absolute Gasteiger partial charge is 0.493 e. The first-order valence-corrected chi connectivity index (χ1v) is 12.2. The molecule has 184 valence electrons. The normalized spacial score (nSPS) is 17.5. The van der Waals surface area contributed by atoms with Crippen LogP contribution in [0.15, 0.2) is 40.2 Å². The molecule has 2 aromatic rings. The van der Waals surface area contributed by atoms with Crippen molar-refractivity contribution in [1.29, 1.82) is 0 Å². The molecule has 0 bridgehead atoms. The summed E-state index contributed by atoms with van der Waals surface area (Å²) >= 11 is 0. The van der Waals surface area contributed by atoms with Crippen LogP contribution < -0.4 is 19.9 Å². The zero-order valence-electron chi connectivity index (χ0n) is 19.9. The molecule has 2 aliphatic heterocycles. The molecule has 2 aliphatic rings. The van der Waals surface area contributed by atoms with Gasteiger partial charge in [-0.3, -0.25) is 9.79 Å². The van der Waals surface area contributed by atoms with Gasteiger partial charge in [0.2, 0.25) is 15.9 Å². The third-order valence-corrected chi connectivity index (χ3v) is 7.15. The SMILES string of the molecule is COc1cc2c(c3c1OC(C)(C)C3)C(c1cccc(S(=O)(=O)NCC(N)=O)c1)=NC(C)(C)C2.Cl. The molecule has 0 spiro atoms. The maximum absolute atomic E-state index is 12.7. The minimum atomic E-state index is -3.91. The summed E-state index contributed by atoms with van der Waals surface area (Å²) in [7, 11) is -2.28. The molecule has 0 saturated heterocycles. The van der Waals surface area contributed by atoms with E-state index in [1.807, 2.05) is 39.8 Å². The molecule has 0 saturated carbocycles. The zero-order chi connectivity index (χ0) is 24.2. The summed E-state index contributed by atoms with van der Waals surface area (Å²) < 4.78 is 39.5. The van der Waals surface area contributed by atoms with Gasteiger partial charge in [0.1, 0.15) is 5.60 Å². The molecule has 0 atom stereocenters. The van der Waals surface area contributed by atoms with E-state index in [-0.39, 0.29) is 17.3 Å². The second kappa shape index (κ2) is 8.87. The number of hydrogen-bond acceptors (Lipinski definition) is 6. The number of nitrogens with two attached hydrogens (primary N) is 1. The third kappa shape index (κ3) is 4.92. The monoisotopic (exact) mass is 507 g/mol. The fourth-order valence-electron chi connectivity index (χ4n) is 4.49. The van der Waals surface area contributed by atoms with Crippen LogP contribution in [0.25, 0.3) is 0 Å². The fraction of sp³-hybridized carbons (Fsp3) is 0.417. The minimum absolute atomic E-state index is 0. The summed E-state index contributed by atoms with van der Waals surface area (Å²) in [6.45, 7) is 7.68. The topological polar surface area (TPSA) is 120 Å². The van der Waals surface area contributed by atoms with Crippen molar-refractivity contribution in [1.82, 2.24) is 4.72 Å². The summed E-state index contributed by atoms with van der Waals surface area (Å²) in [4.78, 5) is 16.1. The average Bonchev–Trinajstić information content (AvgIpc) is 3.05. The van der Waals surface area contributed by atoms with Gasteiger partial charge in [-0.25, -0.2) is 13.1 Å². The van der Waals surface area contributed by atoms with Gasteiger partial charge in [0, 0.05) is 23.1 Å². The van der Waals surface area contributed by atoms with E-state index in [1.165, 1.54) is 6.07 Å². The van der Waals surface area contributed by atoms with Crippen molar-refractivity contribution in [2.24, 2.45) is 10.7 Å². The van der Waals surface area contributed by atoms with E-state index in [2.05, 4.69) is 4.72 Å². The second-order valence-electron chi connectivity index (χ2n) is 9.73. The lowest BCUT2D eigenvalue weighted by molar-refractivity contribution is -0.116. The van der Waals surface area contributed by atoms with Crippen LogP contribution in [0.1, 0.15) is 49.9 Å². The molecule has 0 unspecified atom stereocenters. The molecule has 2 aromatic carbocycles. The first kappa shape index (κ1) is 26.0. The van der Waals surface area contributed by atoms with Crippen LogP contribution >= 0.6 is 12.4 Å². The summed E-state index contributed by atoms with van der Waals surface area (Å²) in [6.07, 6.45) is 1.40. The van der Waals surface area contributed by atoms with Crippen molar-refractivity contribution in [2.45, 2.75) is 56.6 Å². The van der Waals surface area contributed by atoms with Crippen molar-refractivity contribution in [3.8, 4) is 11.5 Å². The molecule has 10 heteroatoms. The lowest BCUT2D eigenvalue weighted by atomic mass is 9.81. The Balaban J connectivity index is 0.00000324. The number of methoxy groups -OCH3 is 1. The summed E-state index contributed by atoms with van der Waals surface area (Å²) in [6, 6.07) is 8.57. The fourth-order valence-corrected chi connectivity index (χ4v) is 5.53. The molecule has 0 fully saturated rings. The van der Waals surface area contributed by atoms with Gasteiger partial charge in [0.25, 0.3) is 0 Å². The van der Waals surface area contributed by atoms with Gasteiger partial charge in [-0.2, -0.15) is 0 Å². The Morgan fingerprint density at radius 2 is 1.91 bits per heavy atom. The number of amides is 1. The molecule has 0 aliphatic carbocycles. The molecule has 34 heavy (non-hydrogen) atoms. The number of hydrogen-bond donors (Lipinski definition) is 2. The van der Waals surface area contributed by atoms with Crippen LogP contribution in [0.3, 0.4) is 0 Å². The van der Waals surface area contributed by atoms with Crippen molar-refractivity contribution in [3.63, 3.8) is 0 Å². The number of benzene rings is 2. The Bertz CT molecular complexity index is 1290. The minimum Gasteiger partial charge on any atom is -0.493 e. The smallest absolute Gasteiger partial charge is 0.241 e. The molecule has 2 heterocycles. The third-order valence-electron chi connectivity index (χ3n) is 5.76. The highest BCUT2D eigenvalue weighted by molar-refractivity contribution is 7.89. The highest BCUT2D eigenvalue weighted by Crippen LogP contribution is 2.47. The van der Waals surface area contributed by atoms with E-state index in [0.717, 1.165) is 16.7 Å². The van der Waals surface area contributed by atoms with Crippen LogP contribution in [0.4, 0.5) is 0 Å². The lowest BCUT2D eigenvalue weighted by Crippen LogP contribution is -2.33. The number of carbonyl (C=O) groups is 1. The van der Waals surface area contributed by atoms with E-state index in [4.69, 9.17) is 20.2 Å². The highest BCUT2D eigenvalue weighted by Gasteiger charge is 2.39. The van der Waals surface area contributed by atoms with Gasteiger partial charge in [0.05, 0.1) is 29.8 Å². The van der Waals surface area contributed by atoms with Gasteiger partial charge >= 0.3 is 0 Å². The van der Waals surface area contributed by atoms with Crippen molar-refractivity contribution in [3.05, 3.63) is 52.6 Å². The maximum Gasteiger partial charge on any atom is 0.241 e. The van der Waals surface area contributed by atoms with Crippen LogP contribution in [-0.2, 0) is 27.7 Å². The maximum atomic E-state index is 12.7. The Labute approximate surface area is 206 Å². The van der Waals surface area contributed by atoms with Crippen LogP contribution in [0, 0.1) is 0 Å². The summed E-state index contributed by atoms with van der Waals surface area (Å²) in [5, 5.41) is 0. The quantitative estimate of drug-likeness (QED) is 0.623. The van der Waals surface area contributed by atoms with E-state index in [1.54, 1.807) is 19.2 Å². The molecular formula is C24H30ClN3O5S. The Morgan fingerprint density at radius 3 is 2.56 bits per heavy atom. The zero-order valence-corrected chi connectivity index (χ0v) is 21.5. The van der Waals surface area contributed by atoms with Crippen LogP contribution in [0.2, 0.25) is 0 Å². The number of aliphatic imine (C=N–C) groups is 1. The molecule has 8 nitrogen and oxygen atoms in total. The van der Waals surface area contributed by atoms with Crippen molar-refractivity contribution >= 4 is 34.0 Å². The number of carbonyl (C=O) groups excluding carboxylic acids is 1. The number of halogens is 1. The predicted molar refractivity (Wildman–Crippen MR) is 133 cm³/mol. The predicted octanol–water partition coefficient (Wildman–Crippen LogP) is 2.77. The summed E-state index contributed by atoms with van der Waals surface area (Å²) in [5.41, 5.74) is 8.76. The van der Waals surface area contributed by atoms with E-state index in [0.29, 0.717) is 35.6 Å². The summed E-state index contributed by atoms with van der Waals surface area (Å²) in [5.74, 6) is 0.646. The van der Waals surface area contributed by atoms with Crippen LogP contribution in [0.5, 0.6) is 11.5 Å². The standard InChI is InChI=1S/C24H29N3O5S.ClH/c1-23(2)11-15-10-18(31-5)22-17(12-24(3,4)32-22)20(15)21(27-23)14-7-6-8-16(9-14)33(29,30)26-13-19(25)28;/h6-10,26H,11-13H2,1-5H3,(H2,25,28);1H. The Hall–Kier alpha value is -2.62. The number of fused-ring (bicyclic) bond motifs is 3. The number of rotatable bonds is 6. The van der Waals surface area contributed by atoms with Gasteiger partial charge in [-0.1, -0.05) is 12.1 Å². The van der Waals surface area contributed by atoms with E-state index in [9.17, 15) is 13.2 Å². The Morgan fingerprint density at radius 1 is 1.21 bits per heavy atom.